The Morgan fingerprint density at radius 3 is 1.40 bits per heavy atom. The second kappa shape index (κ2) is 14.4. The van der Waals surface area contributed by atoms with E-state index in [1.165, 1.54) is 11.1 Å². The molecule has 2 aromatic heterocycles. The Morgan fingerprint density at radius 1 is 0.351 bits per heavy atom. The first-order valence-corrected chi connectivity index (χ1v) is 18.8. The Kier molecular flexibility index (Phi) is 8.48. The van der Waals surface area contributed by atoms with E-state index >= 15 is 0 Å². The third-order valence-corrected chi connectivity index (χ3v) is 10.4. The lowest BCUT2D eigenvalue weighted by molar-refractivity contribution is 0.669. The van der Waals surface area contributed by atoms with Gasteiger partial charge in [-0.2, -0.15) is 5.26 Å². The maximum absolute atomic E-state index is 9.24. The average molecular weight is 729 g/mol. The number of aromatic nitrogens is 3. The van der Waals surface area contributed by atoms with Crippen LogP contribution in [0.3, 0.4) is 0 Å². The second-order valence-corrected chi connectivity index (χ2v) is 14.0. The predicted molar refractivity (Wildman–Crippen MR) is 230 cm³/mol. The van der Waals surface area contributed by atoms with Gasteiger partial charge >= 0.3 is 0 Å². The van der Waals surface area contributed by atoms with Crippen molar-refractivity contribution >= 4 is 21.9 Å². The molecule has 266 valence electrons. The summed E-state index contributed by atoms with van der Waals surface area (Å²) in [5.74, 6) is 1.70. The van der Waals surface area contributed by atoms with E-state index in [1.807, 2.05) is 72.8 Å². The number of hydrogen-bond donors (Lipinski definition) is 0. The van der Waals surface area contributed by atoms with Crippen molar-refractivity contribution in [1.29, 1.82) is 5.26 Å². The lowest BCUT2D eigenvalue weighted by atomic mass is 9.96. The van der Waals surface area contributed by atoms with E-state index in [0.29, 0.717) is 23.0 Å². The zero-order valence-electron chi connectivity index (χ0n) is 30.7. The molecule has 0 amide bonds. The van der Waals surface area contributed by atoms with Crippen LogP contribution < -0.4 is 0 Å². The van der Waals surface area contributed by atoms with Gasteiger partial charge in [-0.3, -0.25) is 0 Å². The molecule has 0 unspecified atom stereocenters. The van der Waals surface area contributed by atoms with Crippen molar-refractivity contribution < 1.29 is 4.42 Å². The Labute approximate surface area is 329 Å². The standard InChI is InChI=1S/C52H32N4O/c53-33-34-17-19-37(20-18-34)39-23-27-41(28-24-39)51-54-50(40-25-21-38(22-26-40)35-9-3-1-4-10-35)55-52(56-51)44-29-30-46-48(32-44)57-47-16-8-15-45(49(46)47)43-14-7-13-42(31-43)36-11-5-2-6-12-36/h1-32H. The van der Waals surface area contributed by atoms with Crippen LogP contribution in [0.2, 0.25) is 0 Å². The molecule has 57 heavy (non-hydrogen) atoms. The van der Waals surface area contributed by atoms with Crippen LogP contribution in [0.5, 0.6) is 0 Å². The Bertz CT molecular complexity index is 3090. The molecule has 0 N–H and O–H groups in total. The molecule has 0 saturated heterocycles. The molecule has 0 fully saturated rings. The summed E-state index contributed by atoms with van der Waals surface area (Å²) < 4.78 is 6.56. The minimum absolute atomic E-state index is 0.552. The molecule has 0 aliphatic rings. The molecule has 0 spiro atoms. The summed E-state index contributed by atoms with van der Waals surface area (Å²) in [6.07, 6.45) is 0. The molecule has 0 bridgehead atoms. The van der Waals surface area contributed by atoms with E-state index < -0.39 is 0 Å². The molecule has 5 nitrogen and oxygen atoms in total. The van der Waals surface area contributed by atoms with Crippen LogP contribution in [0.15, 0.2) is 199 Å². The maximum atomic E-state index is 9.24. The van der Waals surface area contributed by atoms with Crippen LogP contribution in [0.25, 0.3) is 101 Å². The molecule has 0 aliphatic heterocycles. The number of benzene rings is 8. The molecule has 0 atom stereocenters. The summed E-state index contributed by atoms with van der Waals surface area (Å²) in [4.78, 5) is 15.1. The van der Waals surface area contributed by atoms with Crippen LogP contribution >= 0.6 is 0 Å². The summed E-state index contributed by atoms with van der Waals surface area (Å²) >= 11 is 0. The fraction of sp³-hybridized carbons (Fsp3) is 0. The number of rotatable bonds is 7. The van der Waals surface area contributed by atoms with Gasteiger partial charge in [0.25, 0.3) is 0 Å². The number of hydrogen-bond acceptors (Lipinski definition) is 5. The highest BCUT2D eigenvalue weighted by Crippen LogP contribution is 2.39. The monoisotopic (exact) mass is 728 g/mol. The normalized spacial score (nSPS) is 11.1. The van der Waals surface area contributed by atoms with Crippen molar-refractivity contribution in [3.63, 3.8) is 0 Å². The molecule has 10 rings (SSSR count). The van der Waals surface area contributed by atoms with Crippen molar-refractivity contribution in [1.82, 2.24) is 15.0 Å². The smallest absolute Gasteiger partial charge is 0.164 e. The zero-order chi connectivity index (χ0) is 38.1. The van der Waals surface area contributed by atoms with E-state index in [1.54, 1.807) is 0 Å². The zero-order valence-corrected chi connectivity index (χ0v) is 30.7. The minimum atomic E-state index is 0.552. The highest BCUT2D eigenvalue weighted by atomic mass is 16.3. The van der Waals surface area contributed by atoms with Gasteiger partial charge in [-0.15, -0.1) is 0 Å². The molecule has 5 heteroatoms. The van der Waals surface area contributed by atoms with Gasteiger partial charge in [-0.1, -0.05) is 158 Å². The second-order valence-electron chi connectivity index (χ2n) is 14.0. The van der Waals surface area contributed by atoms with Gasteiger partial charge in [0.15, 0.2) is 17.5 Å². The van der Waals surface area contributed by atoms with Gasteiger partial charge in [0, 0.05) is 27.5 Å². The first-order chi connectivity index (χ1) is 28.2. The quantitative estimate of drug-likeness (QED) is 0.163. The van der Waals surface area contributed by atoms with E-state index in [2.05, 4.69) is 127 Å². The van der Waals surface area contributed by atoms with Crippen LogP contribution in [0.1, 0.15) is 5.56 Å². The highest BCUT2D eigenvalue weighted by Gasteiger charge is 2.17. The van der Waals surface area contributed by atoms with Gasteiger partial charge in [0.05, 0.1) is 11.6 Å². The van der Waals surface area contributed by atoms with Gasteiger partial charge in [0.2, 0.25) is 0 Å². The first kappa shape index (κ1) is 33.6. The Balaban J connectivity index is 1.06. The van der Waals surface area contributed by atoms with Crippen LogP contribution in [-0.4, -0.2) is 15.0 Å². The highest BCUT2D eigenvalue weighted by molar-refractivity contribution is 6.13. The minimum Gasteiger partial charge on any atom is -0.456 e. The first-order valence-electron chi connectivity index (χ1n) is 18.8. The van der Waals surface area contributed by atoms with Crippen molar-refractivity contribution in [2.75, 3.05) is 0 Å². The summed E-state index contributed by atoms with van der Waals surface area (Å²) in [5, 5.41) is 11.3. The summed E-state index contributed by atoms with van der Waals surface area (Å²) in [6.45, 7) is 0. The van der Waals surface area contributed by atoms with E-state index in [0.717, 1.165) is 72.0 Å². The lowest BCUT2D eigenvalue weighted by Gasteiger charge is -2.10. The number of furan rings is 1. The van der Waals surface area contributed by atoms with Crippen LogP contribution in [0, 0.1) is 11.3 Å². The van der Waals surface area contributed by atoms with Crippen molar-refractivity contribution in [2.24, 2.45) is 0 Å². The van der Waals surface area contributed by atoms with Crippen molar-refractivity contribution in [3.05, 3.63) is 200 Å². The summed E-state index contributed by atoms with van der Waals surface area (Å²) in [7, 11) is 0. The molecule has 0 saturated carbocycles. The molecule has 8 aromatic carbocycles. The third kappa shape index (κ3) is 6.52. The largest absolute Gasteiger partial charge is 0.456 e. The topological polar surface area (TPSA) is 75.6 Å². The number of fused-ring (bicyclic) bond motifs is 3. The third-order valence-electron chi connectivity index (χ3n) is 10.4. The van der Waals surface area contributed by atoms with E-state index in [4.69, 9.17) is 19.4 Å². The Hall–Kier alpha value is -7.94. The fourth-order valence-corrected chi connectivity index (χ4v) is 7.46. The Morgan fingerprint density at radius 2 is 0.807 bits per heavy atom. The summed E-state index contributed by atoms with van der Waals surface area (Å²) in [5.41, 5.74) is 13.7. The van der Waals surface area contributed by atoms with Crippen LogP contribution in [-0.2, 0) is 0 Å². The average Bonchev–Trinajstić information content (AvgIpc) is 3.68. The molecule has 0 aliphatic carbocycles. The van der Waals surface area contributed by atoms with Gasteiger partial charge in [-0.25, -0.2) is 15.0 Å². The molecular formula is C52H32N4O. The molecule has 0 radical (unpaired) electrons. The number of nitrogens with zero attached hydrogens (tertiary/aromatic N) is 4. The predicted octanol–water partition coefficient (Wildman–Crippen LogP) is 13.3. The number of nitriles is 1. The molecule has 2 heterocycles. The fourth-order valence-electron chi connectivity index (χ4n) is 7.46. The lowest BCUT2D eigenvalue weighted by Crippen LogP contribution is -2.00. The SMILES string of the molecule is N#Cc1ccc(-c2ccc(-c3nc(-c4ccc(-c5ccccc5)cc4)nc(-c4ccc5c(c4)oc4cccc(-c6cccc(-c7ccccc7)c6)c45)n3)cc2)cc1. The van der Waals surface area contributed by atoms with Gasteiger partial charge in [0.1, 0.15) is 11.2 Å². The van der Waals surface area contributed by atoms with Gasteiger partial charge < -0.3 is 4.42 Å². The van der Waals surface area contributed by atoms with E-state index in [9.17, 15) is 5.26 Å². The van der Waals surface area contributed by atoms with Crippen molar-refractivity contribution in [2.45, 2.75) is 0 Å². The molecule has 10 aromatic rings. The molecular weight excluding hydrogens is 697 g/mol. The summed E-state index contributed by atoms with van der Waals surface area (Å²) in [6, 6.07) is 68.2. The maximum Gasteiger partial charge on any atom is 0.164 e. The van der Waals surface area contributed by atoms with E-state index in [-0.39, 0.29) is 0 Å². The van der Waals surface area contributed by atoms with Crippen molar-refractivity contribution in [3.8, 4) is 84.7 Å². The van der Waals surface area contributed by atoms with Crippen LogP contribution in [0.4, 0.5) is 0 Å². The van der Waals surface area contributed by atoms with Gasteiger partial charge in [-0.05, 0) is 80.9 Å².